The summed E-state index contributed by atoms with van der Waals surface area (Å²) in [6.07, 6.45) is 0. The molecule has 2 aromatic rings. The number of aryl methyl sites for hydroxylation is 4. The van der Waals surface area contributed by atoms with Crippen LogP contribution in [-0.2, 0) is 0 Å². The molecule has 0 atom stereocenters. The van der Waals surface area contributed by atoms with Crippen LogP contribution in [0.5, 0.6) is 11.5 Å². The quantitative estimate of drug-likeness (QED) is 0.812. The Hall–Kier alpha value is -2.34. The molecule has 3 heteroatoms. The minimum Gasteiger partial charge on any atom is -0.456 e. The van der Waals surface area contributed by atoms with Crippen LogP contribution in [0.3, 0.4) is 0 Å². The molecule has 96 valence electrons. The molecule has 0 spiro atoms. The van der Waals surface area contributed by atoms with Gasteiger partial charge < -0.3 is 4.74 Å². The minimum absolute atomic E-state index is 0.491. The number of rotatable bonds is 2. The van der Waals surface area contributed by atoms with Gasteiger partial charge in [-0.2, -0.15) is 5.26 Å². The van der Waals surface area contributed by atoms with E-state index in [9.17, 15) is 5.26 Å². The fourth-order valence-corrected chi connectivity index (χ4v) is 2.13. The average molecular weight is 252 g/mol. The highest BCUT2D eigenvalue weighted by Gasteiger charge is 2.10. The van der Waals surface area contributed by atoms with E-state index in [0.29, 0.717) is 17.0 Å². The number of nitrogens with zero attached hydrogens (tertiary/aromatic N) is 2. The second-order valence-electron chi connectivity index (χ2n) is 4.76. The second-order valence-corrected chi connectivity index (χ2v) is 4.76. The lowest BCUT2D eigenvalue weighted by atomic mass is 10.1. The standard InChI is InChI=1S/C16H16N2O/c1-10-5-11(2)7-14(6-10)19-16-8-12(3)18-13(4)15(16)9-17/h5-8H,1-4H3. The lowest BCUT2D eigenvalue weighted by molar-refractivity contribution is 0.478. The number of benzene rings is 1. The fraction of sp³-hybridized carbons (Fsp3) is 0.250. The van der Waals surface area contributed by atoms with Gasteiger partial charge in [-0.25, -0.2) is 0 Å². The topological polar surface area (TPSA) is 45.9 Å². The van der Waals surface area contributed by atoms with E-state index in [1.54, 1.807) is 6.07 Å². The maximum Gasteiger partial charge on any atom is 0.148 e. The van der Waals surface area contributed by atoms with Gasteiger partial charge in [0.2, 0.25) is 0 Å². The van der Waals surface area contributed by atoms with Gasteiger partial charge in [-0.3, -0.25) is 4.98 Å². The van der Waals surface area contributed by atoms with Crippen LogP contribution in [0.25, 0.3) is 0 Å². The van der Waals surface area contributed by atoms with Gasteiger partial charge in [-0.1, -0.05) is 6.07 Å². The van der Waals surface area contributed by atoms with Gasteiger partial charge in [0, 0.05) is 11.8 Å². The SMILES string of the molecule is Cc1cc(C)cc(Oc2cc(C)nc(C)c2C#N)c1. The van der Waals surface area contributed by atoms with Gasteiger partial charge in [0.1, 0.15) is 23.1 Å². The molecule has 0 bridgehead atoms. The number of nitriles is 1. The average Bonchev–Trinajstić information content (AvgIpc) is 2.26. The van der Waals surface area contributed by atoms with E-state index in [1.807, 2.05) is 39.8 Å². The van der Waals surface area contributed by atoms with Crippen LogP contribution >= 0.6 is 0 Å². The first-order valence-corrected chi connectivity index (χ1v) is 6.14. The summed E-state index contributed by atoms with van der Waals surface area (Å²) in [7, 11) is 0. The predicted molar refractivity (Wildman–Crippen MR) is 74.4 cm³/mol. The molecule has 3 nitrogen and oxygen atoms in total. The zero-order valence-corrected chi connectivity index (χ0v) is 11.6. The normalized spacial score (nSPS) is 10.1. The molecule has 0 saturated carbocycles. The van der Waals surface area contributed by atoms with Crippen molar-refractivity contribution in [3.05, 3.63) is 52.3 Å². The summed E-state index contributed by atoms with van der Waals surface area (Å²) in [6, 6.07) is 9.95. The summed E-state index contributed by atoms with van der Waals surface area (Å²) in [5, 5.41) is 9.21. The number of hydrogen-bond donors (Lipinski definition) is 0. The minimum atomic E-state index is 0.491. The molecule has 1 aromatic carbocycles. The van der Waals surface area contributed by atoms with Crippen molar-refractivity contribution in [2.24, 2.45) is 0 Å². The number of pyridine rings is 1. The van der Waals surface area contributed by atoms with Crippen molar-refractivity contribution in [3.8, 4) is 17.6 Å². The molecule has 1 heterocycles. The molecule has 0 N–H and O–H groups in total. The Bertz CT molecular complexity index is 649. The highest BCUT2D eigenvalue weighted by molar-refractivity contribution is 5.49. The largest absolute Gasteiger partial charge is 0.456 e. The summed E-state index contributed by atoms with van der Waals surface area (Å²) >= 11 is 0. The van der Waals surface area contributed by atoms with Crippen LogP contribution in [-0.4, -0.2) is 4.98 Å². The van der Waals surface area contributed by atoms with Gasteiger partial charge in [0.05, 0.1) is 5.69 Å². The number of aromatic nitrogens is 1. The van der Waals surface area contributed by atoms with Gasteiger partial charge in [0.15, 0.2) is 0 Å². The third-order valence-corrected chi connectivity index (χ3v) is 2.83. The first-order chi connectivity index (χ1) is 8.99. The Balaban J connectivity index is 2.46. The van der Waals surface area contributed by atoms with Gasteiger partial charge >= 0.3 is 0 Å². The molecule has 0 aliphatic rings. The van der Waals surface area contributed by atoms with Gasteiger partial charge in [-0.05, 0) is 51.0 Å². The third kappa shape index (κ3) is 2.92. The Morgan fingerprint density at radius 1 is 1.00 bits per heavy atom. The molecule has 0 amide bonds. The molecular weight excluding hydrogens is 236 g/mol. The summed E-state index contributed by atoms with van der Waals surface area (Å²) < 4.78 is 5.86. The molecule has 0 radical (unpaired) electrons. The summed E-state index contributed by atoms with van der Waals surface area (Å²) in [6.45, 7) is 7.75. The van der Waals surface area contributed by atoms with E-state index >= 15 is 0 Å². The lowest BCUT2D eigenvalue weighted by Gasteiger charge is -2.11. The molecular formula is C16H16N2O. The van der Waals surface area contributed by atoms with E-state index in [0.717, 1.165) is 22.6 Å². The van der Waals surface area contributed by atoms with Crippen molar-refractivity contribution in [3.63, 3.8) is 0 Å². The molecule has 0 fully saturated rings. The molecule has 1 aromatic heterocycles. The van der Waals surface area contributed by atoms with Crippen molar-refractivity contribution in [1.82, 2.24) is 4.98 Å². The van der Waals surface area contributed by atoms with Crippen LogP contribution in [0.1, 0.15) is 28.1 Å². The van der Waals surface area contributed by atoms with Gasteiger partial charge in [-0.15, -0.1) is 0 Å². The van der Waals surface area contributed by atoms with Gasteiger partial charge in [0.25, 0.3) is 0 Å². The molecule has 0 saturated heterocycles. The van der Waals surface area contributed by atoms with Crippen LogP contribution < -0.4 is 4.74 Å². The summed E-state index contributed by atoms with van der Waals surface area (Å²) in [5.41, 5.74) is 4.30. The maximum absolute atomic E-state index is 9.21. The molecule has 0 aliphatic carbocycles. The van der Waals surface area contributed by atoms with Crippen LogP contribution in [0.15, 0.2) is 24.3 Å². The Morgan fingerprint density at radius 2 is 1.63 bits per heavy atom. The third-order valence-electron chi connectivity index (χ3n) is 2.83. The molecule has 19 heavy (non-hydrogen) atoms. The van der Waals surface area contributed by atoms with Crippen LogP contribution in [0, 0.1) is 39.0 Å². The second kappa shape index (κ2) is 5.11. The molecule has 2 rings (SSSR count). The Morgan fingerprint density at radius 3 is 2.21 bits per heavy atom. The van der Waals surface area contributed by atoms with Crippen molar-refractivity contribution >= 4 is 0 Å². The molecule has 0 unspecified atom stereocenters. The Labute approximate surface area is 113 Å². The smallest absolute Gasteiger partial charge is 0.148 e. The number of ether oxygens (including phenoxy) is 1. The van der Waals surface area contributed by atoms with E-state index in [4.69, 9.17) is 4.74 Å². The zero-order valence-electron chi connectivity index (χ0n) is 11.6. The summed E-state index contributed by atoms with van der Waals surface area (Å²) in [4.78, 5) is 4.28. The lowest BCUT2D eigenvalue weighted by Crippen LogP contribution is -1.96. The van der Waals surface area contributed by atoms with E-state index < -0.39 is 0 Å². The highest BCUT2D eigenvalue weighted by Crippen LogP contribution is 2.28. The monoisotopic (exact) mass is 252 g/mol. The van der Waals surface area contributed by atoms with Crippen molar-refractivity contribution < 1.29 is 4.74 Å². The maximum atomic E-state index is 9.21. The number of hydrogen-bond acceptors (Lipinski definition) is 3. The zero-order chi connectivity index (χ0) is 14.0. The van der Waals surface area contributed by atoms with Crippen molar-refractivity contribution in [1.29, 1.82) is 5.26 Å². The van der Waals surface area contributed by atoms with E-state index in [2.05, 4.69) is 17.1 Å². The summed E-state index contributed by atoms with van der Waals surface area (Å²) in [5.74, 6) is 1.32. The highest BCUT2D eigenvalue weighted by atomic mass is 16.5. The van der Waals surface area contributed by atoms with Crippen molar-refractivity contribution in [2.75, 3.05) is 0 Å². The first kappa shape index (κ1) is 13.1. The first-order valence-electron chi connectivity index (χ1n) is 6.14. The van der Waals surface area contributed by atoms with Crippen LogP contribution in [0.2, 0.25) is 0 Å². The van der Waals surface area contributed by atoms with E-state index in [1.165, 1.54) is 0 Å². The fourth-order valence-electron chi connectivity index (χ4n) is 2.13. The Kier molecular flexibility index (Phi) is 3.52. The predicted octanol–water partition coefficient (Wildman–Crippen LogP) is 3.98. The van der Waals surface area contributed by atoms with E-state index in [-0.39, 0.29) is 0 Å². The van der Waals surface area contributed by atoms with Crippen LogP contribution in [0.4, 0.5) is 0 Å². The molecule has 0 aliphatic heterocycles. The van der Waals surface area contributed by atoms with Crippen molar-refractivity contribution in [2.45, 2.75) is 27.7 Å².